The fourth-order valence-electron chi connectivity index (χ4n) is 2.71. The lowest BCUT2D eigenvalue weighted by molar-refractivity contribution is -0.124. The first-order valence-electron chi connectivity index (χ1n) is 6.40. The SMILES string of the molecule is CC1OC(C)C(C(=O)C(Cl)c2ccccc2)C1C. The molecule has 0 spiro atoms. The van der Waals surface area contributed by atoms with Crippen molar-refractivity contribution in [2.45, 2.75) is 38.4 Å². The Bertz CT molecular complexity index is 418. The summed E-state index contributed by atoms with van der Waals surface area (Å²) in [6, 6.07) is 9.51. The third-order valence-corrected chi connectivity index (χ3v) is 4.38. The van der Waals surface area contributed by atoms with E-state index in [1.165, 1.54) is 0 Å². The Balaban J connectivity index is 2.17. The number of alkyl halides is 1. The van der Waals surface area contributed by atoms with Crippen molar-refractivity contribution in [3.05, 3.63) is 35.9 Å². The highest BCUT2D eigenvalue weighted by Crippen LogP contribution is 2.37. The van der Waals surface area contributed by atoms with E-state index in [1.54, 1.807) is 0 Å². The number of hydrogen-bond donors (Lipinski definition) is 0. The van der Waals surface area contributed by atoms with Crippen molar-refractivity contribution in [3.8, 4) is 0 Å². The third-order valence-electron chi connectivity index (χ3n) is 3.91. The van der Waals surface area contributed by atoms with E-state index in [0.29, 0.717) is 0 Å². The van der Waals surface area contributed by atoms with Crippen LogP contribution in [0.3, 0.4) is 0 Å². The fourth-order valence-corrected chi connectivity index (χ4v) is 3.00. The molecule has 0 bridgehead atoms. The molecule has 2 rings (SSSR count). The van der Waals surface area contributed by atoms with Gasteiger partial charge in [-0.2, -0.15) is 0 Å². The molecule has 5 unspecified atom stereocenters. The summed E-state index contributed by atoms with van der Waals surface area (Å²) in [4.78, 5) is 12.5. The fraction of sp³-hybridized carbons (Fsp3) is 0.533. The summed E-state index contributed by atoms with van der Waals surface area (Å²) in [6.07, 6.45) is 0.0704. The van der Waals surface area contributed by atoms with Crippen LogP contribution < -0.4 is 0 Å². The van der Waals surface area contributed by atoms with Crippen molar-refractivity contribution in [2.24, 2.45) is 11.8 Å². The number of benzene rings is 1. The van der Waals surface area contributed by atoms with Crippen LogP contribution >= 0.6 is 11.6 Å². The summed E-state index contributed by atoms with van der Waals surface area (Å²) in [6.45, 7) is 6.03. The number of Topliss-reactive ketones (excluding diaryl/α,β-unsaturated/α-hetero) is 1. The number of carbonyl (C=O) groups excluding carboxylic acids is 1. The van der Waals surface area contributed by atoms with E-state index in [4.69, 9.17) is 16.3 Å². The van der Waals surface area contributed by atoms with E-state index in [2.05, 4.69) is 6.92 Å². The molecule has 1 aromatic carbocycles. The molecular weight excluding hydrogens is 248 g/mol. The number of halogens is 1. The van der Waals surface area contributed by atoms with Gasteiger partial charge in [-0.3, -0.25) is 4.79 Å². The first-order chi connectivity index (χ1) is 8.52. The van der Waals surface area contributed by atoms with Crippen LogP contribution in [0, 0.1) is 11.8 Å². The van der Waals surface area contributed by atoms with E-state index in [-0.39, 0.29) is 29.8 Å². The molecule has 3 heteroatoms. The smallest absolute Gasteiger partial charge is 0.161 e. The Hall–Kier alpha value is -0.860. The molecule has 18 heavy (non-hydrogen) atoms. The number of carbonyl (C=O) groups is 1. The molecule has 1 aromatic rings. The lowest BCUT2D eigenvalue weighted by atomic mass is 9.83. The molecule has 0 radical (unpaired) electrons. The minimum absolute atomic E-state index is 0.0486. The average Bonchev–Trinajstić information content (AvgIpc) is 2.63. The van der Waals surface area contributed by atoms with Crippen molar-refractivity contribution >= 4 is 17.4 Å². The van der Waals surface area contributed by atoms with Crippen LogP contribution in [0.4, 0.5) is 0 Å². The van der Waals surface area contributed by atoms with Gasteiger partial charge in [0.2, 0.25) is 0 Å². The average molecular weight is 267 g/mol. The van der Waals surface area contributed by atoms with Crippen LogP contribution in [0.2, 0.25) is 0 Å². The maximum Gasteiger partial charge on any atom is 0.161 e. The highest BCUT2D eigenvalue weighted by Gasteiger charge is 2.43. The summed E-state index contributed by atoms with van der Waals surface area (Å²) >= 11 is 6.31. The minimum atomic E-state index is -0.574. The van der Waals surface area contributed by atoms with Gasteiger partial charge in [0.25, 0.3) is 0 Å². The number of ketones is 1. The normalized spacial score (nSPS) is 33.3. The van der Waals surface area contributed by atoms with Crippen LogP contribution in [-0.2, 0) is 9.53 Å². The van der Waals surface area contributed by atoms with Crippen LogP contribution in [0.25, 0.3) is 0 Å². The molecule has 1 saturated heterocycles. The molecule has 1 aliphatic rings. The van der Waals surface area contributed by atoms with E-state index in [0.717, 1.165) is 5.56 Å². The largest absolute Gasteiger partial charge is 0.375 e. The molecule has 0 aromatic heterocycles. The molecule has 98 valence electrons. The zero-order chi connectivity index (χ0) is 13.3. The highest BCUT2D eigenvalue weighted by molar-refractivity contribution is 6.31. The van der Waals surface area contributed by atoms with E-state index in [1.807, 2.05) is 44.2 Å². The summed E-state index contributed by atoms with van der Waals surface area (Å²) in [5, 5.41) is -0.574. The van der Waals surface area contributed by atoms with Gasteiger partial charge >= 0.3 is 0 Å². The first kappa shape index (κ1) is 13.6. The Labute approximate surface area is 113 Å². The van der Waals surface area contributed by atoms with Gasteiger partial charge in [0, 0.05) is 0 Å². The highest BCUT2D eigenvalue weighted by atomic mass is 35.5. The molecule has 0 aliphatic carbocycles. The van der Waals surface area contributed by atoms with Crippen LogP contribution in [-0.4, -0.2) is 18.0 Å². The van der Waals surface area contributed by atoms with E-state index < -0.39 is 5.38 Å². The molecule has 1 heterocycles. The molecule has 1 aliphatic heterocycles. The van der Waals surface area contributed by atoms with Gasteiger partial charge in [0.1, 0.15) is 5.38 Å². The molecule has 0 N–H and O–H groups in total. The predicted molar refractivity (Wildman–Crippen MR) is 72.7 cm³/mol. The zero-order valence-corrected chi connectivity index (χ0v) is 11.7. The first-order valence-corrected chi connectivity index (χ1v) is 6.84. The quantitative estimate of drug-likeness (QED) is 0.782. The summed E-state index contributed by atoms with van der Waals surface area (Å²) in [7, 11) is 0. The molecule has 5 atom stereocenters. The molecule has 2 nitrogen and oxygen atoms in total. The van der Waals surface area contributed by atoms with Crippen molar-refractivity contribution < 1.29 is 9.53 Å². The van der Waals surface area contributed by atoms with Gasteiger partial charge < -0.3 is 4.74 Å². The van der Waals surface area contributed by atoms with E-state index >= 15 is 0 Å². The second-order valence-electron chi connectivity index (χ2n) is 5.11. The minimum Gasteiger partial charge on any atom is -0.375 e. The molecular formula is C15H19ClO2. The number of rotatable bonds is 3. The zero-order valence-electron chi connectivity index (χ0n) is 11.0. The standard InChI is InChI=1S/C15H19ClO2/c1-9-10(2)18-11(3)13(9)15(17)14(16)12-7-5-4-6-8-12/h4-11,13-14H,1-3H3. The Morgan fingerprint density at radius 1 is 1.17 bits per heavy atom. The van der Waals surface area contributed by atoms with Gasteiger partial charge in [-0.1, -0.05) is 37.3 Å². The second kappa shape index (κ2) is 5.41. The maximum absolute atomic E-state index is 12.5. The Morgan fingerprint density at radius 2 is 1.78 bits per heavy atom. The predicted octanol–water partition coefficient (Wildman–Crippen LogP) is 3.60. The maximum atomic E-state index is 12.5. The summed E-state index contributed by atoms with van der Waals surface area (Å²) < 4.78 is 5.71. The van der Waals surface area contributed by atoms with Gasteiger partial charge in [-0.05, 0) is 25.3 Å². The lowest BCUT2D eigenvalue weighted by Crippen LogP contribution is -2.29. The second-order valence-corrected chi connectivity index (χ2v) is 5.54. The van der Waals surface area contributed by atoms with Crippen molar-refractivity contribution in [3.63, 3.8) is 0 Å². The summed E-state index contributed by atoms with van der Waals surface area (Å²) in [5.41, 5.74) is 0.864. The monoisotopic (exact) mass is 266 g/mol. The van der Waals surface area contributed by atoms with E-state index in [9.17, 15) is 4.79 Å². The van der Waals surface area contributed by atoms with Gasteiger partial charge in [-0.15, -0.1) is 11.6 Å². The molecule has 0 saturated carbocycles. The topological polar surface area (TPSA) is 26.3 Å². The molecule has 0 amide bonds. The number of ether oxygens (including phenoxy) is 1. The third kappa shape index (κ3) is 2.45. The van der Waals surface area contributed by atoms with Gasteiger partial charge in [0.15, 0.2) is 5.78 Å². The number of hydrogen-bond acceptors (Lipinski definition) is 2. The van der Waals surface area contributed by atoms with Crippen molar-refractivity contribution in [1.82, 2.24) is 0 Å². The van der Waals surface area contributed by atoms with Crippen LogP contribution in [0.1, 0.15) is 31.7 Å². The van der Waals surface area contributed by atoms with Crippen molar-refractivity contribution in [1.29, 1.82) is 0 Å². The lowest BCUT2D eigenvalue weighted by Gasteiger charge is -2.20. The summed E-state index contributed by atoms with van der Waals surface area (Å²) in [5.74, 6) is 0.187. The van der Waals surface area contributed by atoms with Crippen molar-refractivity contribution in [2.75, 3.05) is 0 Å². The molecule has 1 fully saturated rings. The van der Waals surface area contributed by atoms with Gasteiger partial charge in [-0.25, -0.2) is 0 Å². The van der Waals surface area contributed by atoms with Crippen LogP contribution in [0.15, 0.2) is 30.3 Å². The Kier molecular flexibility index (Phi) is 4.08. The van der Waals surface area contributed by atoms with Crippen LogP contribution in [0.5, 0.6) is 0 Å². The van der Waals surface area contributed by atoms with Gasteiger partial charge in [0.05, 0.1) is 18.1 Å². The Morgan fingerprint density at radius 3 is 2.28 bits per heavy atom.